The number of H-pyrrole nitrogens is 1. The van der Waals surface area contributed by atoms with Gasteiger partial charge in [-0.05, 0) is 24.3 Å². The van der Waals surface area contributed by atoms with Gasteiger partial charge in [0.1, 0.15) is 6.04 Å². The highest BCUT2D eigenvalue weighted by Gasteiger charge is 2.22. The van der Waals surface area contributed by atoms with Crippen LogP contribution in [0.15, 0.2) is 60.8 Å². The highest BCUT2D eigenvalue weighted by molar-refractivity contribution is 6.08. The number of aliphatic hydroxyl groups is 1. The van der Waals surface area contributed by atoms with E-state index in [4.69, 9.17) is 0 Å². The standard InChI is InChI=1S/C20H17N5O3/c26-11-17(19(28)25-20-23-15-7-3-4-8-16(15)24-20)22-18(27)13-9-10-21-14-6-2-1-5-12(13)14/h1-10,17,26H,11H2,(H,22,27)(H2,23,24,25,28)/t17-/m0/s1. The van der Waals surface area contributed by atoms with Crippen LogP contribution in [0.5, 0.6) is 0 Å². The van der Waals surface area contributed by atoms with Crippen molar-refractivity contribution in [3.05, 3.63) is 66.4 Å². The van der Waals surface area contributed by atoms with Gasteiger partial charge < -0.3 is 15.4 Å². The van der Waals surface area contributed by atoms with E-state index in [1.165, 1.54) is 6.20 Å². The molecule has 8 nitrogen and oxygen atoms in total. The second-order valence-electron chi connectivity index (χ2n) is 6.18. The summed E-state index contributed by atoms with van der Waals surface area (Å²) in [5.41, 5.74) is 2.51. The zero-order chi connectivity index (χ0) is 19.5. The van der Waals surface area contributed by atoms with E-state index < -0.39 is 24.5 Å². The normalized spacial score (nSPS) is 12.0. The van der Waals surface area contributed by atoms with Gasteiger partial charge in [0.25, 0.3) is 11.8 Å². The molecule has 0 radical (unpaired) electrons. The number of carbonyl (C=O) groups is 2. The van der Waals surface area contributed by atoms with E-state index in [2.05, 4.69) is 25.6 Å². The molecule has 2 amide bonds. The maximum Gasteiger partial charge on any atom is 0.252 e. The van der Waals surface area contributed by atoms with Crippen molar-refractivity contribution < 1.29 is 14.7 Å². The molecule has 0 saturated heterocycles. The molecule has 4 N–H and O–H groups in total. The fourth-order valence-corrected chi connectivity index (χ4v) is 2.94. The molecule has 140 valence electrons. The SMILES string of the molecule is O=C(N[C@@H](CO)C(=O)Nc1nc2ccccc2[nH]1)c1ccnc2ccccc12. The molecule has 2 heterocycles. The molecule has 0 aliphatic heterocycles. The Bertz CT molecular complexity index is 1130. The predicted octanol–water partition coefficient (Wildman–Crippen LogP) is 1.84. The van der Waals surface area contributed by atoms with Gasteiger partial charge >= 0.3 is 0 Å². The van der Waals surface area contributed by atoms with Crippen LogP contribution in [-0.2, 0) is 4.79 Å². The summed E-state index contributed by atoms with van der Waals surface area (Å²) >= 11 is 0. The number of hydrogen-bond donors (Lipinski definition) is 4. The molecular weight excluding hydrogens is 358 g/mol. The lowest BCUT2D eigenvalue weighted by atomic mass is 10.1. The fraction of sp³-hybridized carbons (Fsp3) is 0.100. The number of nitrogens with one attached hydrogen (secondary N) is 3. The molecule has 0 unspecified atom stereocenters. The highest BCUT2D eigenvalue weighted by Crippen LogP contribution is 2.16. The van der Waals surface area contributed by atoms with Gasteiger partial charge in [0.15, 0.2) is 0 Å². The van der Waals surface area contributed by atoms with Gasteiger partial charge in [0.2, 0.25) is 5.95 Å². The Morgan fingerprint density at radius 2 is 1.79 bits per heavy atom. The summed E-state index contributed by atoms with van der Waals surface area (Å²) in [6.45, 7) is -0.555. The third kappa shape index (κ3) is 3.40. The molecule has 4 rings (SSSR count). The minimum absolute atomic E-state index is 0.244. The third-order valence-electron chi connectivity index (χ3n) is 4.33. The van der Waals surface area contributed by atoms with E-state index in [1.807, 2.05) is 24.3 Å². The van der Waals surface area contributed by atoms with Crippen LogP contribution in [0.1, 0.15) is 10.4 Å². The first kappa shape index (κ1) is 17.6. The number of carbonyl (C=O) groups excluding carboxylic acids is 2. The van der Waals surface area contributed by atoms with Crippen LogP contribution in [0.3, 0.4) is 0 Å². The van der Waals surface area contributed by atoms with Crippen LogP contribution in [0.25, 0.3) is 21.9 Å². The number of para-hydroxylation sites is 3. The molecule has 2 aromatic carbocycles. The lowest BCUT2D eigenvalue weighted by Crippen LogP contribution is -2.46. The van der Waals surface area contributed by atoms with Crippen molar-refractivity contribution in [3.8, 4) is 0 Å². The minimum Gasteiger partial charge on any atom is -0.394 e. The van der Waals surface area contributed by atoms with E-state index in [1.54, 1.807) is 30.3 Å². The number of fused-ring (bicyclic) bond motifs is 2. The van der Waals surface area contributed by atoms with Crippen LogP contribution in [0, 0.1) is 0 Å². The summed E-state index contributed by atoms with van der Waals surface area (Å²) in [7, 11) is 0. The van der Waals surface area contributed by atoms with E-state index in [0.29, 0.717) is 22.0 Å². The van der Waals surface area contributed by atoms with Crippen molar-refractivity contribution in [1.29, 1.82) is 0 Å². The lowest BCUT2D eigenvalue weighted by Gasteiger charge is -2.16. The van der Waals surface area contributed by atoms with E-state index >= 15 is 0 Å². The maximum absolute atomic E-state index is 12.7. The van der Waals surface area contributed by atoms with Crippen LogP contribution >= 0.6 is 0 Å². The molecule has 8 heteroatoms. The molecule has 0 spiro atoms. The molecule has 0 bridgehead atoms. The van der Waals surface area contributed by atoms with Crippen molar-refractivity contribution >= 4 is 39.7 Å². The summed E-state index contributed by atoms with van der Waals surface area (Å²) in [4.78, 5) is 36.6. The van der Waals surface area contributed by atoms with Gasteiger partial charge in [-0.1, -0.05) is 30.3 Å². The first-order valence-corrected chi connectivity index (χ1v) is 8.67. The average molecular weight is 375 g/mol. The van der Waals surface area contributed by atoms with E-state index in [0.717, 1.165) is 5.52 Å². The van der Waals surface area contributed by atoms with Crippen LogP contribution in [0.2, 0.25) is 0 Å². The molecule has 4 aromatic rings. The Labute approximate surface area is 159 Å². The monoisotopic (exact) mass is 375 g/mol. The molecule has 1 atom stereocenters. The number of rotatable bonds is 5. The second-order valence-corrected chi connectivity index (χ2v) is 6.18. The number of benzene rings is 2. The summed E-state index contributed by atoms with van der Waals surface area (Å²) in [6.07, 6.45) is 1.53. The topological polar surface area (TPSA) is 120 Å². The zero-order valence-electron chi connectivity index (χ0n) is 14.7. The van der Waals surface area contributed by atoms with Gasteiger partial charge in [-0.3, -0.25) is 19.9 Å². The Kier molecular flexibility index (Phi) is 4.69. The zero-order valence-corrected chi connectivity index (χ0v) is 14.7. The fourth-order valence-electron chi connectivity index (χ4n) is 2.94. The first-order valence-electron chi connectivity index (χ1n) is 8.67. The van der Waals surface area contributed by atoms with Gasteiger partial charge in [-0.2, -0.15) is 0 Å². The quantitative estimate of drug-likeness (QED) is 0.424. The average Bonchev–Trinajstić information content (AvgIpc) is 3.13. The van der Waals surface area contributed by atoms with Gasteiger partial charge in [0.05, 0.1) is 28.7 Å². The Morgan fingerprint density at radius 1 is 1.04 bits per heavy atom. The molecule has 0 aliphatic rings. The number of pyridine rings is 1. The molecule has 2 aromatic heterocycles. The van der Waals surface area contributed by atoms with Crippen molar-refractivity contribution in [2.45, 2.75) is 6.04 Å². The van der Waals surface area contributed by atoms with Crippen molar-refractivity contribution in [1.82, 2.24) is 20.3 Å². The third-order valence-corrected chi connectivity index (χ3v) is 4.33. The Balaban J connectivity index is 1.51. The first-order chi connectivity index (χ1) is 13.7. The summed E-state index contributed by atoms with van der Waals surface area (Å²) in [6, 6.07) is 15.0. The van der Waals surface area contributed by atoms with Crippen LogP contribution in [-0.4, -0.2) is 44.5 Å². The van der Waals surface area contributed by atoms with E-state index in [-0.39, 0.29) is 5.95 Å². The van der Waals surface area contributed by atoms with Gasteiger partial charge in [0, 0.05) is 11.6 Å². The Hall–Kier alpha value is -3.78. The molecule has 0 saturated carbocycles. The molecular formula is C20H17N5O3. The lowest BCUT2D eigenvalue weighted by molar-refractivity contribution is -0.118. The second kappa shape index (κ2) is 7.45. The number of imidazole rings is 1. The molecule has 28 heavy (non-hydrogen) atoms. The van der Waals surface area contributed by atoms with Crippen LogP contribution in [0.4, 0.5) is 5.95 Å². The van der Waals surface area contributed by atoms with Crippen molar-refractivity contribution in [2.75, 3.05) is 11.9 Å². The summed E-state index contributed by atoms with van der Waals surface area (Å²) < 4.78 is 0. The molecule has 0 aliphatic carbocycles. The largest absolute Gasteiger partial charge is 0.394 e. The van der Waals surface area contributed by atoms with Gasteiger partial charge in [-0.15, -0.1) is 0 Å². The van der Waals surface area contributed by atoms with Crippen LogP contribution < -0.4 is 10.6 Å². The number of aromatic amines is 1. The Morgan fingerprint density at radius 3 is 2.57 bits per heavy atom. The maximum atomic E-state index is 12.7. The number of nitrogens with zero attached hydrogens (tertiary/aromatic N) is 2. The number of aromatic nitrogens is 3. The number of hydrogen-bond acceptors (Lipinski definition) is 5. The molecule has 0 fully saturated rings. The van der Waals surface area contributed by atoms with Crippen molar-refractivity contribution in [3.63, 3.8) is 0 Å². The summed E-state index contributed by atoms with van der Waals surface area (Å²) in [5, 5.41) is 15.4. The van der Waals surface area contributed by atoms with E-state index in [9.17, 15) is 14.7 Å². The number of amides is 2. The predicted molar refractivity (Wildman–Crippen MR) is 105 cm³/mol. The number of anilines is 1. The smallest absolute Gasteiger partial charge is 0.252 e. The van der Waals surface area contributed by atoms with Crippen molar-refractivity contribution in [2.24, 2.45) is 0 Å². The highest BCUT2D eigenvalue weighted by atomic mass is 16.3. The van der Waals surface area contributed by atoms with Gasteiger partial charge in [-0.25, -0.2) is 4.98 Å². The number of aliphatic hydroxyl groups excluding tert-OH is 1. The summed E-state index contributed by atoms with van der Waals surface area (Å²) in [5.74, 6) is -0.807. The minimum atomic E-state index is -1.13.